The van der Waals surface area contributed by atoms with Gasteiger partial charge in [-0.3, -0.25) is 38.9 Å². The summed E-state index contributed by atoms with van der Waals surface area (Å²) >= 11 is 0. The van der Waals surface area contributed by atoms with Crippen molar-refractivity contribution in [2.75, 3.05) is 46.4 Å². The molecule has 75 heavy (non-hydrogen) atoms. The van der Waals surface area contributed by atoms with Gasteiger partial charge in [-0.05, 0) is 131 Å². The minimum Gasteiger partial charge on any atom is -0.508 e. The largest absolute Gasteiger partial charge is 0.508 e. The summed E-state index contributed by atoms with van der Waals surface area (Å²) in [5.41, 5.74) is 6.51. The van der Waals surface area contributed by atoms with E-state index in [0.29, 0.717) is 63.1 Å². The first-order chi connectivity index (χ1) is 36.0. The predicted octanol–water partition coefficient (Wildman–Crippen LogP) is 7.79. The molecule has 4 fully saturated rings. The molecule has 4 bridgehead atoms. The van der Waals surface area contributed by atoms with Crippen LogP contribution in [0.4, 0.5) is 0 Å². The first-order valence-corrected chi connectivity index (χ1v) is 27.8. The number of phenolic OH excluding ortho intramolecular Hbond substituents is 1. The van der Waals surface area contributed by atoms with Gasteiger partial charge in [-0.25, -0.2) is 5.84 Å². The van der Waals surface area contributed by atoms with E-state index >= 15 is 4.79 Å². The molecular weight excluding hydrogens is 949 g/mol. The summed E-state index contributed by atoms with van der Waals surface area (Å²) < 4.78 is 13.9. The van der Waals surface area contributed by atoms with Gasteiger partial charge in [0.1, 0.15) is 23.9 Å². The second kappa shape index (κ2) is 24.4. The summed E-state index contributed by atoms with van der Waals surface area (Å²) in [6.45, 7) is 15.4. The molecule has 0 spiro atoms. The maximum absolute atomic E-state index is 15.0. The highest BCUT2D eigenvalue weighted by molar-refractivity contribution is 5.96. The number of likely N-dealkylation sites (N-methyl/N-ethyl adjacent to an activating group) is 1. The third-order valence-corrected chi connectivity index (χ3v) is 15.7. The van der Waals surface area contributed by atoms with E-state index < -0.39 is 35.2 Å². The fraction of sp³-hybridized carbons (Fsp3) is 0.593. The van der Waals surface area contributed by atoms with Crippen molar-refractivity contribution in [1.29, 1.82) is 0 Å². The lowest BCUT2D eigenvalue weighted by molar-refractivity contribution is -0.147. The fourth-order valence-corrected chi connectivity index (χ4v) is 11.6. The monoisotopic (exact) mass is 1030 g/mol. The number of aryl methyl sites for hydroxylation is 1. The molecule has 406 valence electrons. The van der Waals surface area contributed by atoms with Crippen LogP contribution in [0, 0.1) is 17.3 Å². The number of aromatic nitrogens is 2. The van der Waals surface area contributed by atoms with E-state index in [0.717, 1.165) is 76.2 Å². The van der Waals surface area contributed by atoms with Gasteiger partial charge in [0.05, 0.1) is 30.5 Å². The number of hydrogen-bond acceptors (Lipinski definition) is 11. The first-order valence-electron chi connectivity index (χ1n) is 27.8. The maximum Gasteiger partial charge on any atom is 0.305 e. The first kappa shape index (κ1) is 55.4. The topological polar surface area (TPSA) is 193 Å². The number of benzene rings is 2. The molecule has 2 saturated heterocycles. The minimum absolute atomic E-state index is 0.000950. The molecule has 3 aliphatic heterocycles. The molecule has 2 saturated carbocycles. The number of phenols is 1. The number of rotatable bonds is 12. The van der Waals surface area contributed by atoms with E-state index in [-0.39, 0.29) is 74.1 Å². The van der Waals surface area contributed by atoms with E-state index in [4.69, 9.17) is 20.3 Å². The zero-order chi connectivity index (χ0) is 53.6. The van der Waals surface area contributed by atoms with Gasteiger partial charge in [-0.15, -0.1) is 0 Å². The lowest BCUT2D eigenvalue weighted by Crippen LogP contribution is -2.59. The minimum atomic E-state index is -1.16. The van der Waals surface area contributed by atoms with Crippen molar-refractivity contribution in [3.05, 3.63) is 71.5 Å². The molecule has 2 aliphatic carbocycles. The number of likely N-dealkylation sites (tertiary alicyclic amines) is 1. The van der Waals surface area contributed by atoms with Gasteiger partial charge in [-0.1, -0.05) is 58.1 Å². The number of cyclic esters (lactones) is 1. The number of hydrazine groups is 1. The fourth-order valence-electron chi connectivity index (χ4n) is 11.6. The second-order valence-corrected chi connectivity index (χ2v) is 22.6. The van der Waals surface area contributed by atoms with Crippen LogP contribution < -0.4 is 11.2 Å². The highest BCUT2D eigenvalue weighted by Gasteiger charge is 2.47. The number of nitrogens with two attached hydrogens (primary N) is 1. The van der Waals surface area contributed by atoms with E-state index in [1.54, 1.807) is 35.2 Å². The molecule has 0 radical (unpaired) electrons. The number of carbonyl (C=O) groups excluding carboxylic acids is 5. The normalized spacial score (nSPS) is 22.6. The van der Waals surface area contributed by atoms with Crippen LogP contribution in [0.1, 0.15) is 129 Å². The van der Waals surface area contributed by atoms with Gasteiger partial charge in [0, 0.05) is 93.3 Å². The van der Waals surface area contributed by atoms with Gasteiger partial charge in [0.15, 0.2) is 0 Å². The van der Waals surface area contributed by atoms with Crippen molar-refractivity contribution < 1.29 is 38.6 Å². The molecule has 5 unspecified atom stereocenters. The Morgan fingerprint density at radius 2 is 1.71 bits per heavy atom. The number of aromatic hydroxyl groups is 1. The van der Waals surface area contributed by atoms with E-state index in [1.807, 2.05) is 25.1 Å². The number of methoxy groups -OCH3 is 1. The Kier molecular flexibility index (Phi) is 18.0. The van der Waals surface area contributed by atoms with Gasteiger partial charge >= 0.3 is 5.97 Å². The Hall–Kier alpha value is -5.84. The number of carbonyl (C=O) groups is 5. The third kappa shape index (κ3) is 13.2. The Labute approximate surface area is 443 Å². The van der Waals surface area contributed by atoms with Crippen LogP contribution >= 0.6 is 0 Å². The Morgan fingerprint density at radius 1 is 0.947 bits per heavy atom. The van der Waals surface area contributed by atoms with Gasteiger partial charge < -0.3 is 34.3 Å². The van der Waals surface area contributed by atoms with Crippen molar-refractivity contribution in [3.63, 3.8) is 0 Å². The van der Waals surface area contributed by atoms with Crippen LogP contribution in [0.25, 0.3) is 33.3 Å². The molecular formula is C59H82N8O8. The third-order valence-electron chi connectivity index (χ3n) is 15.7. The zero-order valence-electron chi connectivity index (χ0n) is 45.6. The molecule has 9 rings (SSSR count). The quantitative estimate of drug-likeness (QED) is 0.0543. The van der Waals surface area contributed by atoms with Gasteiger partial charge in [-0.2, -0.15) is 0 Å². The molecule has 5 atom stereocenters. The van der Waals surface area contributed by atoms with E-state index in [9.17, 15) is 24.3 Å². The standard InChI is InChI=1S/C56H76N8O8.C3H6/c1-8-61-47-20-19-38-29-43(47)44(51(61)42-17-14-22-58-46(42)33-71-7)30-56(5,6)34-72-49(66)18-12-13-23-64(57)54(69)45(27-36-25-40(38)28-41(65)26-36)59-52(67)50(37-15-10-11-16-37)62(9-2)53(68)39-21-24-60(31-39)55(70)48-32-63(48)35(3)4;1-2-3-1/h14,17,19-20,22,25-26,28-29,35,37,39,45,48,50,65H,8-13,15-16,18,21,23-24,27,30-34,57H2,1-7H3,(H,59,67);1-3H2. The SMILES string of the molecule is C1CC1.CCN(C(=O)C1CCN(C(=O)C2CN2C(C)C)C1)C(C(=O)NC1Cc2cc(O)cc(c2)-c2ccc3c(c2)c(c(-c2cccnc2COC)n3CC)CC(C)(C)COC(=O)CCCCN(N)C1=O)C1CCCC1. The summed E-state index contributed by atoms with van der Waals surface area (Å²) in [5, 5.41) is 16.6. The molecule has 5 heterocycles. The lowest BCUT2D eigenvalue weighted by atomic mass is 9.84. The van der Waals surface area contributed by atoms with Crippen molar-refractivity contribution >= 4 is 40.5 Å². The van der Waals surface area contributed by atoms with Crippen molar-refractivity contribution in [2.24, 2.45) is 23.1 Å². The number of amides is 4. The Bertz CT molecular complexity index is 2690. The highest BCUT2D eigenvalue weighted by atomic mass is 16.5. The Balaban J connectivity index is 0.00000240. The number of nitrogens with zero attached hydrogens (tertiary/aromatic N) is 6. The van der Waals surface area contributed by atoms with Gasteiger partial charge in [0.2, 0.25) is 17.7 Å². The summed E-state index contributed by atoms with van der Waals surface area (Å²) in [4.78, 5) is 81.3. The molecule has 16 nitrogen and oxygen atoms in total. The van der Waals surface area contributed by atoms with Crippen LogP contribution in [0.15, 0.2) is 54.7 Å². The van der Waals surface area contributed by atoms with Crippen LogP contribution in [0.3, 0.4) is 0 Å². The summed E-state index contributed by atoms with van der Waals surface area (Å²) in [7, 11) is 1.66. The predicted molar refractivity (Wildman–Crippen MR) is 290 cm³/mol. The number of nitrogens with one attached hydrogen (secondary N) is 1. The average Bonchev–Trinajstić information content (AvgIpc) is 4.31. The summed E-state index contributed by atoms with van der Waals surface area (Å²) in [6.07, 6.45) is 11.7. The number of esters is 1. The molecule has 4 amide bonds. The average molecular weight is 1030 g/mol. The van der Waals surface area contributed by atoms with Gasteiger partial charge in [0.25, 0.3) is 5.91 Å². The maximum atomic E-state index is 15.0. The van der Waals surface area contributed by atoms with E-state index in [2.05, 4.69) is 67.6 Å². The second-order valence-electron chi connectivity index (χ2n) is 22.6. The molecule has 5 aliphatic rings. The number of pyridine rings is 1. The lowest BCUT2D eigenvalue weighted by Gasteiger charge is -2.36. The smallest absolute Gasteiger partial charge is 0.305 e. The van der Waals surface area contributed by atoms with Crippen LogP contribution in [0.5, 0.6) is 5.75 Å². The Morgan fingerprint density at radius 3 is 2.39 bits per heavy atom. The molecule has 2 aromatic heterocycles. The highest BCUT2D eigenvalue weighted by Crippen LogP contribution is 2.42. The van der Waals surface area contributed by atoms with Crippen molar-refractivity contribution in [2.45, 2.75) is 162 Å². The number of fused-ring (bicyclic) bond motifs is 4. The molecule has 4 aromatic rings. The van der Waals surface area contributed by atoms with Crippen molar-refractivity contribution in [1.82, 2.24) is 34.6 Å². The van der Waals surface area contributed by atoms with Crippen LogP contribution in [-0.2, 0) is 59.4 Å². The number of ether oxygens (including phenoxy) is 2. The van der Waals surface area contributed by atoms with Crippen molar-refractivity contribution in [3.8, 4) is 28.1 Å². The van der Waals surface area contributed by atoms with E-state index in [1.165, 1.54) is 19.3 Å². The summed E-state index contributed by atoms with van der Waals surface area (Å²) in [5.74, 6) is 4.57. The summed E-state index contributed by atoms with van der Waals surface area (Å²) in [6, 6.07) is 13.6. The molecule has 2 aromatic carbocycles. The van der Waals surface area contributed by atoms with Crippen LogP contribution in [0.2, 0.25) is 0 Å². The van der Waals surface area contributed by atoms with Crippen LogP contribution in [-0.4, -0.2) is 135 Å². The molecule has 4 N–H and O–H groups in total. The zero-order valence-corrected chi connectivity index (χ0v) is 45.6. The molecule has 16 heteroatoms. The number of hydrogen-bond donors (Lipinski definition) is 3.